The minimum atomic E-state index is -0.0667. The van der Waals surface area contributed by atoms with Gasteiger partial charge in [-0.15, -0.1) is 0 Å². The molecule has 0 atom stereocenters. The monoisotopic (exact) mass is 321 g/mol. The lowest BCUT2D eigenvalue weighted by molar-refractivity contribution is 0.000543. The molecule has 1 aliphatic carbocycles. The van der Waals surface area contributed by atoms with Crippen LogP contribution in [-0.2, 0) is 6.42 Å². The van der Waals surface area contributed by atoms with Gasteiger partial charge in [-0.05, 0) is 36.5 Å². The third-order valence-electron chi connectivity index (χ3n) is 5.43. The smallest absolute Gasteiger partial charge is 0.120 e. The molecular weight excluding hydrogens is 294 g/mol. The highest BCUT2D eigenvalue weighted by molar-refractivity contribution is 5.24. The minimum absolute atomic E-state index is 0.0667. The lowest BCUT2D eigenvalue weighted by Gasteiger charge is -2.42. The van der Waals surface area contributed by atoms with Gasteiger partial charge in [0, 0.05) is 38.9 Å². The van der Waals surface area contributed by atoms with Crippen molar-refractivity contribution in [1.82, 2.24) is 4.90 Å². The largest absolute Gasteiger partial charge is 0.487 e. The molecule has 126 valence electrons. The highest BCUT2D eigenvalue weighted by atomic mass is 16.5. The van der Waals surface area contributed by atoms with Crippen LogP contribution in [0.4, 0.5) is 0 Å². The molecule has 0 spiro atoms. The standard InChI is InChI=1S/C22H27NO/c1-3-7-19(8-4-1)17-22(24-21-9-5-2-6-10-21)13-15-23(16-14-22)18-20-11-12-20/h1-10,20H,11-18H2. The third kappa shape index (κ3) is 3.99. The molecule has 0 aromatic heterocycles. The SMILES string of the molecule is c1ccc(CC2(Oc3ccccc3)CCN(CC3CC3)CC2)cc1. The Morgan fingerprint density at radius 2 is 1.50 bits per heavy atom. The maximum Gasteiger partial charge on any atom is 0.120 e. The molecule has 2 fully saturated rings. The van der Waals surface area contributed by atoms with Crippen molar-refractivity contribution in [3.8, 4) is 5.75 Å². The van der Waals surface area contributed by atoms with E-state index in [1.807, 2.05) is 0 Å². The Bertz CT molecular complexity index is 584. The van der Waals surface area contributed by atoms with E-state index in [9.17, 15) is 0 Å². The van der Waals surface area contributed by atoms with Gasteiger partial charge in [-0.3, -0.25) is 0 Å². The van der Waals surface area contributed by atoms with E-state index in [-0.39, 0.29) is 5.60 Å². The molecule has 2 aromatic carbocycles. The van der Waals surface area contributed by atoms with Crippen LogP contribution in [0.25, 0.3) is 0 Å². The summed E-state index contributed by atoms with van der Waals surface area (Å²) in [5.41, 5.74) is 1.31. The summed E-state index contributed by atoms with van der Waals surface area (Å²) < 4.78 is 6.59. The van der Waals surface area contributed by atoms with Crippen molar-refractivity contribution in [2.45, 2.75) is 37.7 Å². The van der Waals surface area contributed by atoms with E-state index in [0.29, 0.717) is 0 Å². The second kappa shape index (κ2) is 6.98. The van der Waals surface area contributed by atoms with Gasteiger partial charge in [-0.25, -0.2) is 0 Å². The quantitative estimate of drug-likeness (QED) is 0.774. The van der Waals surface area contributed by atoms with Crippen molar-refractivity contribution in [1.29, 1.82) is 0 Å². The van der Waals surface area contributed by atoms with Gasteiger partial charge >= 0.3 is 0 Å². The molecule has 0 amide bonds. The first kappa shape index (κ1) is 15.7. The molecule has 0 bridgehead atoms. The second-order valence-electron chi connectivity index (χ2n) is 7.50. The number of rotatable bonds is 6. The summed E-state index contributed by atoms with van der Waals surface area (Å²) in [5, 5.41) is 0. The van der Waals surface area contributed by atoms with E-state index in [4.69, 9.17) is 4.74 Å². The van der Waals surface area contributed by atoms with E-state index in [0.717, 1.165) is 44.0 Å². The minimum Gasteiger partial charge on any atom is -0.487 e. The average Bonchev–Trinajstić information content (AvgIpc) is 3.43. The van der Waals surface area contributed by atoms with Gasteiger partial charge in [0.1, 0.15) is 11.4 Å². The van der Waals surface area contributed by atoms with Crippen LogP contribution in [0.5, 0.6) is 5.75 Å². The fourth-order valence-corrected chi connectivity index (χ4v) is 3.83. The van der Waals surface area contributed by atoms with Crippen molar-refractivity contribution in [3.63, 3.8) is 0 Å². The number of piperidine rings is 1. The normalized spacial score (nSPS) is 20.7. The number of hydrogen-bond donors (Lipinski definition) is 0. The predicted octanol–water partition coefficient (Wildman–Crippen LogP) is 4.55. The molecule has 2 aliphatic rings. The van der Waals surface area contributed by atoms with Crippen molar-refractivity contribution >= 4 is 0 Å². The van der Waals surface area contributed by atoms with Gasteiger partial charge in [-0.2, -0.15) is 0 Å². The average molecular weight is 321 g/mol. The molecule has 2 aromatic rings. The summed E-state index contributed by atoms with van der Waals surface area (Å²) in [7, 11) is 0. The fraction of sp³-hybridized carbons (Fsp3) is 0.455. The van der Waals surface area contributed by atoms with Gasteiger partial charge in [0.2, 0.25) is 0 Å². The lowest BCUT2D eigenvalue weighted by Crippen LogP contribution is -2.49. The molecule has 24 heavy (non-hydrogen) atoms. The van der Waals surface area contributed by atoms with E-state index in [1.54, 1.807) is 0 Å². The first-order valence-corrected chi connectivity index (χ1v) is 9.32. The van der Waals surface area contributed by atoms with Crippen molar-refractivity contribution in [2.24, 2.45) is 5.92 Å². The van der Waals surface area contributed by atoms with Crippen LogP contribution in [0.2, 0.25) is 0 Å². The van der Waals surface area contributed by atoms with E-state index < -0.39 is 0 Å². The van der Waals surface area contributed by atoms with E-state index in [2.05, 4.69) is 65.6 Å². The number of likely N-dealkylation sites (tertiary alicyclic amines) is 1. The zero-order valence-electron chi connectivity index (χ0n) is 14.4. The van der Waals surface area contributed by atoms with Crippen molar-refractivity contribution in [2.75, 3.05) is 19.6 Å². The van der Waals surface area contributed by atoms with E-state index >= 15 is 0 Å². The van der Waals surface area contributed by atoms with Crippen molar-refractivity contribution in [3.05, 3.63) is 66.2 Å². The number of nitrogens with zero attached hydrogens (tertiary/aromatic N) is 1. The molecule has 0 N–H and O–H groups in total. The third-order valence-corrected chi connectivity index (χ3v) is 5.43. The topological polar surface area (TPSA) is 12.5 Å². The number of ether oxygens (including phenoxy) is 1. The number of hydrogen-bond acceptors (Lipinski definition) is 2. The molecule has 0 radical (unpaired) electrons. The molecule has 1 saturated heterocycles. The maximum atomic E-state index is 6.59. The summed E-state index contributed by atoms with van der Waals surface area (Å²) >= 11 is 0. The molecule has 4 rings (SSSR count). The summed E-state index contributed by atoms with van der Waals surface area (Å²) in [5.74, 6) is 1.98. The summed E-state index contributed by atoms with van der Waals surface area (Å²) in [6.07, 6.45) is 6.10. The Balaban J connectivity index is 1.48. The van der Waals surface area contributed by atoms with Crippen LogP contribution in [0.3, 0.4) is 0 Å². The van der Waals surface area contributed by atoms with Gasteiger partial charge in [0.15, 0.2) is 0 Å². The molecule has 1 heterocycles. The molecule has 1 saturated carbocycles. The summed E-state index contributed by atoms with van der Waals surface area (Å²) in [6, 6.07) is 21.2. The van der Waals surface area contributed by atoms with Gasteiger partial charge in [0.25, 0.3) is 0 Å². The molecular formula is C22H27NO. The lowest BCUT2D eigenvalue weighted by atomic mass is 9.84. The van der Waals surface area contributed by atoms with Crippen LogP contribution in [-0.4, -0.2) is 30.1 Å². The first-order valence-electron chi connectivity index (χ1n) is 9.32. The summed E-state index contributed by atoms with van der Waals surface area (Å²) in [4.78, 5) is 2.65. The Morgan fingerprint density at radius 3 is 2.12 bits per heavy atom. The highest BCUT2D eigenvalue weighted by Gasteiger charge is 2.38. The van der Waals surface area contributed by atoms with Gasteiger partial charge in [-0.1, -0.05) is 48.5 Å². The molecule has 2 nitrogen and oxygen atoms in total. The van der Waals surface area contributed by atoms with Crippen LogP contribution >= 0.6 is 0 Å². The van der Waals surface area contributed by atoms with Crippen LogP contribution < -0.4 is 4.74 Å². The second-order valence-corrected chi connectivity index (χ2v) is 7.50. The van der Waals surface area contributed by atoms with E-state index in [1.165, 1.54) is 24.9 Å². The maximum absolute atomic E-state index is 6.59. The van der Waals surface area contributed by atoms with Crippen LogP contribution in [0.1, 0.15) is 31.2 Å². The number of benzene rings is 2. The molecule has 1 aliphatic heterocycles. The fourth-order valence-electron chi connectivity index (χ4n) is 3.83. The zero-order valence-corrected chi connectivity index (χ0v) is 14.4. The Kier molecular flexibility index (Phi) is 4.57. The van der Waals surface area contributed by atoms with Crippen LogP contribution in [0, 0.1) is 5.92 Å². The number of para-hydroxylation sites is 1. The Hall–Kier alpha value is -1.80. The molecule has 2 heteroatoms. The summed E-state index contributed by atoms with van der Waals surface area (Å²) in [6.45, 7) is 3.62. The van der Waals surface area contributed by atoms with Gasteiger partial charge in [0.05, 0.1) is 0 Å². The predicted molar refractivity (Wildman–Crippen MR) is 98.3 cm³/mol. The first-order chi connectivity index (χ1) is 11.8. The van der Waals surface area contributed by atoms with Gasteiger partial charge < -0.3 is 9.64 Å². The van der Waals surface area contributed by atoms with Crippen LogP contribution in [0.15, 0.2) is 60.7 Å². The van der Waals surface area contributed by atoms with Crippen molar-refractivity contribution < 1.29 is 4.74 Å². The highest BCUT2D eigenvalue weighted by Crippen LogP contribution is 2.35. The Morgan fingerprint density at radius 1 is 0.875 bits per heavy atom. The zero-order chi connectivity index (χ0) is 16.2. The molecule has 0 unspecified atom stereocenters. The Labute approximate surface area is 145 Å².